The van der Waals surface area contributed by atoms with Crippen LogP contribution in [0.15, 0.2) is 66.0 Å². The van der Waals surface area contributed by atoms with E-state index in [9.17, 15) is 9.59 Å². The van der Waals surface area contributed by atoms with Gasteiger partial charge in [0.05, 0.1) is 5.56 Å². The van der Waals surface area contributed by atoms with Gasteiger partial charge < -0.3 is 15.4 Å². The van der Waals surface area contributed by atoms with Crippen molar-refractivity contribution in [3.8, 4) is 5.75 Å². The Kier molecular flexibility index (Phi) is 5.39. The zero-order valence-corrected chi connectivity index (χ0v) is 16.0. The molecule has 1 heterocycles. The summed E-state index contributed by atoms with van der Waals surface area (Å²) in [5.41, 5.74) is 2.04. The first kappa shape index (κ1) is 18.3. The summed E-state index contributed by atoms with van der Waals surface area (Å²) >= 11 is 1.34. The van der Waals surface area contributed by atoms with Crippen molar-refractivity contribution < 1.29 is 14.3 Å². The minimum absolute atomic E-state index is 0.140. The maximum atomic E-state index is 12.7. The van der Waals surface area contributed by atoms with E-state index in [1.165, 1.54) is 11.3 Å². The van der Waals surface area contributed by atoms with E-state index in [0.29, 0.717) is 28.5 Å². The van der Waals surface area contributed by atoms with Crippen molar-refractivity contribution in [2.45, 2.75) is 25.5 Å². The number of benzene rings is 2. The number of hydrogen-bond donors (Lipinski definition) is 2. The Morgan fingerprint density at radius 1 is 1.00 bits per heavy atom. The zero-order chi connectivity index (χ0) is 19.3. The van der Waals surface area contributed by atoms with E-state index in [-0.39, 0.29) is 17.9 Å². The third-order valence-corrected chi connectivity index (χ3v) is 5.22. The van der Waals surface area contributed by atoms with E-state index in [4.69, 9.17) is 4.74 Å². The maximum Gasteiger partial charge on any atom is 0.256 e. The van der Waals surface area contributed by atoms with Crippen LogP contribution < -0.4 is 15.4 Å². The highest BCUT2D eigenvalue weighted by molar-refractivity contribution is 7.14. The van der Waals surface area contributed by atoms with Crippen LogP contribution in [0.1, 0.15) is 39.1 Å². The number of rotatable bonds is 7. The molecule has 1 aliphatic rings. The maximum absolute atomic E-state index is 12.7. The molecule has 1 saturated carbocycles. The molecule has 0 aliphatic heterocycles. The largest absolute Gasteiger partial charge is 0.489 e. The molecule has 0 saturated heterocycles. The van der Waals surface area contributed by atoms with Gasteiger partial charge in [0.2, 0.25) is 0 Å². The Labute approximate surface area is 167 Å². The van der Waals surface area contributed by atoms with Crippen molar-refractivity contribution >= 4 is 28.2 Å². The smallest absolute Gasteiger partial charge is 0.256 e. The summed E-state index contributed by atoms with van der Waals surface area (Å²) < 4.78 is 5.79. The van der Waals surface area contributed by atoms with Crippen LogP contribution in [0.25, 0.3) is 0 Å². The molecule has 3 aromatic rings. The lowest BCUT2D eigenvalue weighted by Gasteiger charge is -2.09. The monoisotopic (exact) mass is 392 g/mol. The molecule has 28 heavy (non-hydrogen) atoms. The Morgan fingerprint density at radius 3 is 2.61 bits per heavy atom. The molecule has 0 atom stereocenters. The van der Waals surface area contributed by atoms with Gasteiger partial charge in [-0.15, -0.1) is 11.3 Å². The lowest BCUT2D eigenvalue weighted by molar-refractivity contribution is 0.0952. The highest BCUT2D eigenvalue weighted by Crippen LogP contribution is 2.26. The molecule has 4 rings (SSSR count). The van der Waals surface area contributed by atoms with Gasteiger partial charge in [-0.25, -0.2) is 0 Å². The standard InChI is InChI=1S/C22H20N2O3S/c25-20(24-22-19(11-12-28-22)21(26)23-17-9-10-17)16-7-4-8-18(13-16)27-14-15-5-2-1-3-6-15/h1-8,11-13,17H,9-10,14H2,(H,23,26)(H,24,25). The summed E-state index contributed by atoms with van der Waals surface area (Å²) in [5, 5.41) is 8.15. The van der Waals surface area contributed by atoms with Crippen molar-refractivity contribution in [2.75, 3.05) is 5.32 Å². The fourth-order valence-electron chi connectivity index (χ4n) is 2.72. The third-order valence-electron chi connectivity index (χ3n) is 4.39. The van der Waals surface area contributed by atoms with Gasteiger partial charge in [0.15, 0.2) is 0 Å². The van der Waals surface area contributed by atoms with Crippen LogP contribution in [-0.2, 0) is 6.61 Å². The Bertz CT molecular complexity index is 980. The number of amides is 2. The number of carbonyl (C=O) groups is 2. The number of anilines is 1. The molecule has 0 unspecified atom stereocenters. The summed E-state index contributed by atoms with van der Waals surface area (Å²) in [4.78, 5) is 24.9. The predicted molar refractivity (Wildman–Crippen MR) is 110 cm³/mol. The van der Waals surface area contributed by atoms with E-state index in [2.05, 4.69) is 10.6 Å². The van der Waals surface area contributed by atoms with Gasteiger partial charge in [0, 0.05) is 11.6 Å². The first-order valence-corrected chi connectivity index (χ1v) is 10.0. The van der Waals surface area contributed by atoms with Crippen LogP contribution in [0.2, 0.25) is 0 Å². The first-order valence-electron chi connectivity index (χ1n) is 9.15. The molecule has 1 aliphatic carbocycles. The second-order valence-electron chi connectivity index (χ2n) is 6.67. The van der Waals surface area contributed by atoms with Crippen molar-refractivity contribution in [1.82, 2.24) is 5.32 Å². The molecule has 0 radical (unpaired) electrons. The van der Waals surface area contributed by atoms with Gasteiger partial charge in [-0.3, -0.25) is 9.59 Å². The highest BCUT2D eigenvalue weighted by Gasteiger charge is 2.25. The zero-order valence-electron chi connectivity index (χ0n) is 15.2. The Balaban J connectivity index is 1.41. The molecule has 1 aromatic heterocycles. The van der Waals surface area contributed by atoms with Crippen molar-refractivity contribution in [1.29, 1.82) is 0 Å². The SMILES string of the molecule is O=C(Nc1sccc1C(=O)NC1CC1)c1cccc(OCc2ccccc2)c1. The second-order valence-corrected chi connectivity index (χ2v) is 7.58. The molecule has 2 N–H and O–H groups in total. The van der Waals surface area contributed by atoms with E-state index in [0.717, 1.165) is 18.4 Å². The average Bonchev–Trinajstić information content (AvgIpc) is 3.42. The van der Waals surface area contributed by atoms with E-state index < -0.39 is 0 Å². The number of carbonyl (C=O) groups excluding carboxylic acids is 2. The second kappa shape index (κ2) is 8.27. The van der Waals surface area contributed by atoms with Gasteiger partial charge in [0.25, 0.3) is 11.8 Å². The fourth-order valence-corrected chi connectivity index (χ4v) is 3.50. The molecule has 0 bridgehead atoms. The normalized spacial score (nSPS) is 13.0. The number of ether oxygens (including phenoxy) is 1. The summed E-state index contributed by atoms with van der Waals surface area (Å²) in [5.74, 6) is 0.210. The fraction of sp³-hybridized carbons (Fsp3) is 0.182. The molecule has 0 spiro atoms. The number of thiophene rings is 1. The van der Waals surface area contributed by atoms with E-state index in [1.54, 1.807) is 29.6 Å². The predicted octanol–water partition coefficient (Wildman–Crippen LogP) is 4.47. The number of nitrogens with one attached hydrogen (secondary N) is 2. The molecule has 142 valence electrons. The van der Waals surface area contributed by atoms with Crippen molar-refractivity contribution in [3.63, 3.8) is 0 Å². The molecule has 2 aromatic carbocycles. The van der Waals surface area contributed by atoms with Gasteiger partial charge in [0.1, 0.15) is 17.4 Å². The van der Waals surface area contributed by atoms with Crippen LogP contribution in [0.5, 0.6) is 5.75 Å². The Hall–Kier alpha value is -3.12. The minimum Gasteiger partial charge on any atom is -0.489 e. The summed E-state index contributed by atoms with van der Waals surface area (Å²) in [7, 11) is 0. The van der Waals surface area contributed by atoms with Gasteiger partial charge >= 0.3 is 0 Å². The molecule has 2 amide bonds. The van der Waals surface area contributed by atoms with Crippen LogP contribution in [0.3, 0.4) is 0 Å². The molecule has 6 heteroatoms. The molecular formula is C22H20N2O3S. The van der Waals surface area contributed by atoms with Gasteiger partial charge in [-0.2, -0.15) is 0 Å². The van der Waals surface area contributed by atoms with Crippen LogP contribution in [-0.4, -0.2) is 17.9 Å². The summed E-state index contributed by atoms with van der Waals surface area (Å²) in [6, 6.07) is 18.9. The molecule has 1 fully saturated rings. The third kappa shape index (κ3) is 4.58. The lowest BCUT2D eigenvalue weighted by Crippen LogP contribution is -2.26. The van der Waals surface area contributed by atoms with Crippen LogP contribution in [0.4, 0.5) is 5.00 Å². The topological polar surface area (TPSA) is 67.4 Å². The summed E-state index contributed by atoms with van der Waals surface area (Å²) in [6.07, 6.45) is 2.04. The lowest BCUT2D eigenvalue weighted by atomic mass is 10.2. The van der Waals surface area contributed by atoms with Gasteiger partial charge in [-0.05, 0) is 48.1 Å². The van der Waals surface area contributed by atoms with E-state index >= 15 is 0 Å². The Morgan fingerprint density at radius 2 is 1.82 bits per heavy atom. The number of hydrogen-bond acceptors (Lipinski definition) is 4. The van der Waals surface area contributed by atoms with Gasteiger partial charge in [-0.1, -0.05) is 36.4 Å². The van der Waals surface area contributed by atoms with Crippen molar-refractivity contribution in [2.24, 2.45) is 0 Å². The van der Waals surface area contributed by atoms with Crippen molar-refractivity contribution in [3.05, 3.63) is 82.7 Å². The summed E-state index contributed by atoms with van der Waals surface area (Å²) in [6.45, 7) is 0.433. The van der Waals surface area contributed by atoms with E-state index in [1.807, 2.05) is 36.4 Å². The minimum atomic E-state index is -0.270. The highest BCUT2D eigenvalue weighted by atomic mass is 32.1. The average molecular weight is 392 g/mol. The quantitative estimate of drug-likeness (QED) is 0.623. The molecule has 5 nitrogen and oxygen atoms in total. The molecular weight excluding hydrogens is 372 g/mol. The van der Waals surface area contributed by atoms with Crippen LogP contribution >= 0.6 is 11.3 Å². The first-order chi connectivity index (χ1) is 13.7. The van der Waals surface area contributed by atoms with Crippen LogP contribution in [0, 0.1) is 0 Å².